The minimum atomic E-state index is -3.63. The topological polar surface area (TPSA) is 79.6 Å². The summed E-state index contributed by atoms with van der Waals surface area (Å²) in [6.07, 6.45) is 1.02. The molecule has 2 heterocycles. The Labute approximate surface area is 193 Å². The predicted octanol–water partition coefficient (Wildman–Crippen LogP) is 5.62. The van der Waals surface area contributed by atoms with E-state index in [2.05, 4.69) is 19.2 Å². The smallest absolute Gasteiger partial charge is 0.291 e. The minimum absolute atomic E-state index is 0.147. The summed E-state index contributed by atoms with van der Waals surface area (Å²) in [5.41, 5.74) is 2.53. The number of sulfonamides is 1. The average Bonchev–Trinajstić information content (AvgIpc) is 3.06. The van der Waals surface area contributed by atoms with E-state index in [-0.39, 0.29) is 10.7 Å². The Morgan fingerprint density at radius 1 is 1.09 bits per heavy atom. The molecule has 6 nitrogen and oxygen atoms in total. The van der Waals surface area contributed by atoms with Crippen molar-refractivity contribution >= 4 is 44.2 Å². The van der Waals surface area contributed by atoms with Gasteiger partial charge in [0.1, 0.15) is 5.58 Å². The Morgan fingerprint density at radius 3 is 2.47 bits per heavy atom. The molecule has 32 heavy (non-hydrogen) atoms. The van der Waals surface area contributed by atoms with E-state index in [0.717, 1.165) is 12.0 Å². The molecule has 1 amide bonds. The number of nitrogens with zero attached hydrogens (tertiary/aromatic N) is 1. The van der Waals surface area contributed by atoms with E-state index in [0.29, 0.717) is 52.2 Å². The summed E-state index contributed by atoms with van der Waals surface area (Å²) < 4.78 is 33.9. The van der Waals surface area contributed by atoms with Gasteiger partial charge in [-0.2, -0.15) is 4.31 Å². The molecule has 8 heteroatoms. The van der Waals surface area contributed by atoms with Crippen LogP contribution in [0.5, 0.6) is 0 Å². The highest BCUT2D eigenvalue weighted by molar-refractivity contribution is 7.89. The van der Waals surface area contributed by atoms with E-state index in [1.54, 1.807) is 41.6 Å². The normalized spacial score (nSPS) is 19.9. The first-order valence-corrected chi connectivity index (χ1v) is 12.5. The number of hydrogen-bond donors (Lipinski definition) is 1. The molecule has 1 aliphatic heterocycles. The van der Waals surface area contributed by atoms with E-state index in [1.165, 1.54) is 0 Å². The van der Waals surface area contributed by atoms with Gasteiger partial charge in [-0.05, 0) is 68.0 Å². The number of hydrogen-bond acceptors (Lipinski definition) is 4. The van der Waals surface area contributed by atoms with Crippen LogP contribution in [0.25, 0.3) is 11.0 Å². The zero-order valence-corrected chi connectivity index (χ0v) is 20.2. The van der Waals surface area contributed by atoms with E-state index in [1.807, 2.05) is 13.0 Å². The van der Waals surface area contributed by atoms with Gasteiger partial charge >= 0.3 is 0 Å². The number of furan rings is 1. The predicted molar refractivity (Wildman–Crippen MR) is 127 cm³/mol. The van der Waals surface area contributed by atoms with Crippen molar-refractivity contribution in [2.24, 2.45) is 11.8 Å². The molecule has 2 aromatic carbocycles. The molecule has 1 fully saturated rings. The summed E-state index contributed by atoms with van der Waals surface area (Å²) in [5, 5.41) is 3.96. The second-order valence-corrected chi connectivity index (χ2v) is 11.3. The molecule has 1 saturated heterocycles. The van der Waals surface area contributed by atoms with Gasteiger partial charge in [0.05, 0.1) is 4.90 Å². The van der Waals surface area contributed by atoms with Crippen molar-refractivity contribution < 1.29 is 17.6 Å². The molecule has 2 atom stereocenters. The van der Waals surface area contributed by atoms with E-state index in [4.69, 9.17) is 16.0 Å². The van der Waals surface area contributed by atoms with Crippen LogP contribution in [-0.2, 0) is 10.0 Å². The highest BCUT2D eigenvalue weighted by Crippen LogP contribution is 2.32. The zero-order chi connectivity index (χ0) is 23.2. The van der Waals surface area contributed by atoms with Gasteiger partial charge in [0.25, 0.3) is 5.91 Å². The van der Waals surface area contributed by atoms with Gasteiger partial charge in [-0.3, -0.25) is 4.79 Å². The third kappa shape index (κ3) is 4.29. The maximum Gasteiger partial charge on any atom is 0.291 e. The number of piperidine rings is 1. The van der Waals surface area contributed by atoms with Gasteiger partial charge in [0, 0.05) is 34.7 Å². The van der Waals surface area contributed by atoms with Crippen LogP contribution >= 0.6 is 11.6 Å². The lowest BCUT2D eigenvalue weighted by Gasteiger charge is -2.34. The molecule has 0 radical (unpaired) electrons. The first kappa shape index (κ1) is 22.8. The Bertz CT molecular complexity index is 1290. The molecule has 0 spiro atoms. The van der Waals surface area contributed by atoms with Crippen LogP contribution in [0.3, 0.4) is 0 Å². The van der Waals surface area contributed by atoms with Crippen molar-refractivity contribution in [3.8, 4) is 0 Å². The monoisotopic (exact) mass is 474 g/mol. The molecular formula is C24H27ClN2O4S. The zero-order valence-electron chi connectivity index (χ0n) is 18.6. The maximum atomic E-state index is 13.3. The molecular weight excluding hydrogens is 448 g/mol. The fourth-order valence-electron chi connectivity index (χ4n) is 4.44. The van der Waals surface area contributed by atoms with Crippen molar-refractivity contribution in [1.82, 2.24) is 4.31 Å². The number of carbonyl (C=O) groups is 1. The number of rotatable bonds is 4. The van der Waals surface area contributed by atoms with Crippen LogP contribution in [0, 0.1) is 25.7 Å². The summed E-state index contributed by atoms with van der Waals surface area (Å²) >= 11 is 6.05. The summed E-state index contributed by atoms with van der Waals surface area (Å²) in [7, 11) is -3.63. The van der Waals surface area contributed by atoms with Crippen LogP contribution < -0.4 is 5.32 Å². The third-order valence-electron chi connectivity index (χ3n) is 6.03. The van der Waals surface area contributed by atoms with Crippen LogP contribution in [0.15, 0.2) is 45.7 Å². The largest absolute Gasteiger partial charge is 0.451 e. The molecule has 1 N–H and O–H groups in total. The number of halogens is 1. The molecule has 1 aliphatic rings. The number of benzene rings is 2. The summed E-state index contributed by atoms with van der Waals surface area (Å²) in [5.74, 6) is 0.373. The average molecular weight is 475 g/mol. The number of amides is 1. The second kappa shape index (κ2) is 8.54. The van der Waals surface area contributed by atoms with Gasteiger partial charge in [-0.15, -0.1) is 0 Å². The quantitative estimate of drug-likeness (QED) is 0.532. The summed E-state index contributed by atoms with van der Waals surface area (Å²) in [4.78, 5) is 13.1. The Morgan fingerprint density at radius 2 is 1.78 bits per heavy atom. The van der Waals surface area contributed by atoms with Crippen molar-refractivity contribution in [3.05, 3.63) is 58.3 Å². The fraction of sp³-hybridized carbons (Fsp3) is 0.375. The van der Waals surface area contributed by atoms with Crippen molar-refractivity contribution in [2.75, 3.05) is 18.4 Å². The first-order chi connectivity index (χ1) is 15.1. The number of nitrogens with one attached hydrogen (secondary N) is 1. The Hall–Kier alpha value is -2.35. The number of aryl methyl sites for hydroxylation is 2. The molecule has 0 saturated carbocycles. The van der Waals surface area contributed by atoms with E-state index < -0.39 is 15.9 Å². The van der Waals surface area contributed by atoms with Crippen LogP contribution in [-0.4, -0.2) is 31.7 Å². The Balaban J connectivity index is 1.66. The van der Waals surface area contributed by atoms with Gasteiger partial charge < -0.3 is 9.73 Å². The van der Waals surface area contributed by atoms with Gasteiger partial charge in [0.2, 0.25) is 10.0 Å². The lowest BCUT2D eigenvalue weighted by Crippen LogP contribution is -2.42. The molecule has 1 aromatic heterocycles. The summed E-state index contributed by atoms with van der Waals surface area (Å²) in [6.45, 7) is 8.82. The highest BCUT2D eigenvalue weighted by Gasteiger charge is 2.32. The van der Waals surface area contributed by atoms with Crippen LogP contribution in [0.1, 0.15) is 41.9 Å². The van der Waals surface area contributed by atoms with Crippen molar-refractivity contribution in [1.29, 1.82) is 0 Å². The first-order valence-electron chi connectivity index (χ1n) is 10.7. The van der Waals surface area contributed by atoms with E-state index in [9.17, 15) is 13.2 Å². The molecule has 0 unspecified atom stereocenters. The molecule has 0 bridgehead atoms. The van der Waals surface area contributed by atoms with Gasteiger partial charge in [0.15, 0.2) is 5.76 Å². The number of fused-ring (bicyclic) bond motifs is 1. The number of carbonyl (C=O) groups excluding carboxylic acids is 1. The van der Waals surface area contributed by atoms with Crippen LogP contribution in [0.4, 0.5) is 5.69 Å². The fourth-order valence-corrected chi connectivity index (χ4v) is 6.31. The lowest BCUT2D eigenvalue weighted by molar-refractivity contribution is 0.0998. The van der Waals surface area contributed by atoms with Crippen molar-refractivity contribution in [3.63, 3.8) is 0 Å². The van der Waals surface area contributed by atoms with Gasteiger partial charge in [-0.25, -0.2) is 8.42 Å². The molecule has 0 aliphatic carbocycles. The standard InChI is InChI=1S/C24H27ClN2O4S/c1-14-9-15(2)13-27(12-14)32(29,30)19-7-8-22-20(11-19)17(4)23(31-22)24(28)26-21-10-18(25)6-5-16(21)3/h5-8,10-11,14-15H,9,12-13H2,1-4H3,(H,26,28)/t14-,15-/m0/s1. The summed E-state index contributed by atoms with van der Waals surface area (Å²) in [6, 6.07) is 10.0. The number of anilines is 1. The second-order valence-electron chi connectivity index (χ2n) is 8.90. The molecule has 170 valence electrons. The highest BCUT2D eigenvalue weighted by atomic mass is 35.5. The third-order valence-corrected chi connectivity index (χ3v) is 8.10. The van der Waals surface area contributed by atoms with Gasteiger partial charge in [-0.1, -0.05) is 31.5 Å². The lowest BCUT2D eigenvalue weighted by atomic mass is 9.94. The molecule has 3 aromatic rings. The SMILES string of the molecule is Cc1ccc(Cl)cc1NC(=O)c1oc2ccc(S(=O)(=O)N3C[C@@H](C)C[C@H](C)C3)cc2c1C. The minimum Gasteiger partial charge on any atom is -0.451 e. The maximum absolute atomic E-state index is 13.3. The van der Waals surface area contributed by atoms with Crippen LogP contribution in [0.2, 0.25) is 5.02 Å². The molecule has 4 rings (SSSR count). The van der Waals surface area contributed by atoms with E-state index >= 15 is 0 Å². The van der Waals surface area contributed by atoms with Crippen molar-refractivity contribution in [2.45, 2.75) is 39.0 Å². The Kier molecular flexibility index (Phi) is 6.09.